The fraction of sp³-hybridized carbons (Fsp3) is 0.643. The Labute approximate surface area is 240 Å². The molecule has 1 aliphatic heterocycles. The zero-order valence-electron chi connectivity index (χ0n) is 24.7. The molecule has 12 heteroatoms. The molecule has 3 aromatic heterocycles. The van der Waals surface area contributed by atoms with E-state index in [-0.39, 0.29) is 16.9 Å². The Morgan fingerprint density at radius 2 is 1.55 bits per heavy atom. The van der Waals surface area contributed by atoms with Crippen LogP contribution in [0.15, 0.2) is 23.3 Å². The highest BCUT2D eigenvalue weighted by molar-refractivity contribution is 6.32. The summed E-state index contributed by atoms with van der Waals surface area (Å²) >= 11 is 6.50. The Bertz CT molecular complexity index is 1420. The van der Waals surface area contributed by atoms with Crippen molar-refractivity contribution >= 4 is 40.2 Å². The van der Waals surface area contributed by atoms with Crippen LogP contribution in [-0.2, 0) is 17.8 Å². The molecule has 0 amide bonds. The Balaban J connectivity index is 1.69. The Hall–Kier alpha value is -2.73. The lowest BCUT2D eigenvalue weighted by Gasteiger charge is -2.47. The summed E-state index contributed by atoms with van der Waals surface area (Å²) < 4.78 is 9.38. The molecular formula is C28H42ClN7O4. The van der Waals surface area contributed by atoms with Gasteiger partial charge in [-0.05, 0) is 74.3 Å². The molecule has 3 aromatic rings. The van der Waals surface area contributed by atoms with Crippen molar-refractivity contribution in [2.24, 2.45) is 0 Å². The van der Waals surface area contributed by atoms with Gasteiger partial charge in [-0.3, -0.25) is 9.13 Å². The van der Waals surface area contributed by atoms with Gasteiger partial charge in [0.2, 0.25) is 5.95 Å². The Morgan fingerprint density at radius 3 is 2.12 bits per heavy atom. The number of halogens is 1. The van der Waals surface area contributed by atoms with E-state index in [1.54, 1.807) is 49.2 Å². The zero-order chi connectivity index (χ0) is 29.7. The molecule has 40 heavy (non-hydrogen) atoms. The number of aryl methyl sites for hydroxylation is 2. The smallest absolute Gasteiger partial charge is 0.330 e. The van der Waals surface area contributed by atoms with Gasteiger partial charge in [0.25, 0.3) is 0 Å². The first kappa shape index (κ1) is 30.2. The summed E-state index contributed by atoms with van der Waals surface area (Å²) in [6.45, 7) is 16.9. The number of pyridine rings is 1. The van der Waals surface area contributed by atoms with E-state index in [4.69, 9.17) is 21.3 Å². The summed E-state index contributed by atoms with van der Waals surface area (Å²) in [4.78, 5) is 29.3. The third-order valence-electron chi connectivity index (χ3n) is 6.72. The largest absolute Gasteiger partial charge is 0.390 e. The van der Waals surface area contributed by atoms with Crippen molar-refractivity contribution < 1.29 is 14.9 Å². The van der Waals surface area contributed by atoms with Gasteiger partial charge >= 0.3 is 5.69 Å². The fourth-order valence-electron chi connectivity index (χ4n) is 5.11. The Morgan fingerprint density at radius 1 is 0.975 bits per heavy atom. The molecule has 0 saturated carbocycles. The van der Waals surface area contributed by atoms with E-state index in [1.165, 1.54) is 0 Å². The summed E-state index contributed by atoms with van der Waals surface area (Å²) in [7, 11) is 0. The third kappa shape index (κ3) is 7.31. The molecule has 3 N–H and O–H groups in total. The van der Waals surface area contributed by atoms with Crippen molar-refractivity contribution in [1.82, 2.24) is 24.1 Å². The molecule has 0 atom stereocenters. The van der Waals surface area contributed by atoms with Crippen LogP contribution < -0.4 is 15.9 Å². The molecule has 220 valence electrons. The minimum absolute atomic E-state index is 0.243. The van der Waals surface area contributed by atoms with E-state index in [0.29, 0.717) is 72.7 Å². The number of ether oxygens (including phenoxy) is 1. The zero-order valence-corrected chi connectivity index (χ0v) is 25.5. The number of imidazole rings is 1. The van der Waals surface area contributed by atoms with Crippen molar-refractivity contribution in [3.8, 4) is 0 Å². The second kappa shape index (κ2) is 10.6. The van der Waals surface area contributed by atoms with Crippen LogP contribution in [0.4, 0.5) is 17.5 Å². The standard InChI is InChI=1S/C28H42ClN7O4/c1-25(2,38)9-11-35-20-13-18(14-30-22(20)36(24(35)37)12-10-26(3,4)39)32-21-19(29)15-31-23(33-21)34-16-27(5,6)40-28(7,8)17-34/h13-15,38-39H,9-12,16-17H2,1-8H3,(H,31,32,33). The molecule has 1 aliphatic rings. The molecule has 0 bridgehead atoms. The van der Waals surface area contributed by atoms with Crippen LogP contribution in [0.2, 0.25) is 5.02 Å². The van der Waals surface area contributed by atoms with Crippen molar-refractivity contribution in [3.63, 3.8) is 0 Å². The molecule has 0 aromatic carbocycles. The van der Waals surface area contributed by atoms with Gasteiger partial charge in [-0.15, -0.1) is 0 Å². The summed E-state index contributed by atoms with van der Waals surface area (Å²) in [6.07, 6.45) is 3.96. The Kier molecular flexibility index (Phi) is 8.01. The third-order valence-corrected chi connectivity index (χ3v) is 7.00. The van der Waals surface area contributed by atoms with Gasteiger partial charge in [-0.1, -0.05) is 11.6 Å². The van der Waals surface area contributed by atoms with Gasteiger partial charge in [0.15, 0.2) is 11.5 Å². The number of hydrogen-bond acceptors (Lipinski definition) is 9. The van der Waals surface area contributed by atoms with E-state index < -0.39 is 11.2 Å². The van der Waals surface area contributed by atoms with E-state index in [0.717, 1.165) is 0 Å². The summed E-state index contributed by atoms with van der Waals surface area (Å²) in [5, 5.41) is 24.2. The summed E-state index contributed by atoms with van der Waals surface area (Å²) in [5.74, 6) is 0.951. The molecular weight excluding hydrogens is 534 g/mol. The second-order valence-corrected chi connectivity index (χ2v) is 13.7. The number of nitrogens with one attached hydrogen (secondary N) is 1. The number of morpholine rings is 1. The average Bonchev–Trinajstić information content (AvgIpc) is 3.04. The normalized spacial score (nSPS) is 17.4. The number of anilines is 3. The molecule has 0 aliphatic carbocycles. The van der Waals surface area contributed by atoms with Crippen LogP contribution in [0.3, 0.4) is 0 Å². The molecule has 4 heterocycles. The highest BCUT2D eigenvalue weighted by Gasteiger charge is 2.39. The van der Waals surface area contributed by atoms with Crippen LogP contribution in [0.25, 0.3) is 11.2 Å². The number of aromatic nitrogens is 5. The average molecular weight is 576 g/mol. The lowest BCUT2D eigenvalue weighted by molar-refractivity contribution is -0.133. The van der Waals surface area contributed by atoms with Crippen molar-refractivity contribution in [3.05, 3.63) is 34.0 Å². The highest BCUT2D eigenvalue weighted by atomic mass is 35.5. The SMILES string of the molecule is CC(C)(O)CCn1c(=O)n(CCC(C)(C)O)c2ncc(Nc3nc(N4CC(C)(C)OC(C)(C)C4)ncc3Cl)cc21. The number of nitrogens with zero attached hydrogens (tertiary/aromatic N) is 6. The quantitative estimate of drug-likeness (QED) is 0.345. The summed E-state index contributed by atoms with van der Waals surface area (Å²) in [5.41, 5.74) is -1.17. The predicted molar refractivity (Wildman–Crippen MR) is 158 cm³/mol. The molecule has 0 spiro atoms. The second-order valence-electron chi connectivity index (χ2n) is 13.2. The number of fused-ring (bicyclic) bond motifs is 1. The molecule has 11 nitrogen and oxygen atoms in total. The summed E-state index contributed by atoms with van der Waals surface area (Å²) in [6, 6.07) is 1.83. The van der Waals surface area contributed by atoms with E-state index >= 15 is 0 Å². The maximum atomic E-state index is 13.4. The lowest BCUT2D eigenvalue weighted by atomic mass is 9.99. The van der Waals surface area contributed by atoms with Crippen molar-refractivity contribution in [2.75, 3.05) is 23.3 Å². The van der Waals surface area contributed by atoms with Crippen molar-refractivity contribution in [2.45, 2.75) is 104 Å². The van der Waals surface area contributed by atoms with E-state index in [9.17, 15) is 15.0 Å². The van der Waals surface area contributed by atoms with Gasteiger partial charge in [-0.2, -0.15) is 4.98 Å². The van der Waals surface area contributed by atoms with Crippen LogP contribution in [0.5, 0.6) is 0 Å². The van der Waals surface area contributed by atoms with Crippen LogP contribution in [0, 0.1) is 0 Å². The van der Waals surface area contributed by atoms with Gasteiger partial charge < -0.3 is 25.2 Å². The minimum atomic E-state index is -0.947. The molecule has 1 saturated heterocycles. The first-order valence-corrected chi connectivity index (χ1v) is 14.0. The predicted octanol–water partition coefficient (Wildman–Crippen LogP) is 4.10. The molecule has 0 unspecified atom stereocenters. The van der Waals surface area contributed by atoms with Crippen LogP contribution in [0.1, 0.15) is 68.2 Å². The fourth-order valence-corrected chi connectivity index (χ4v) is 5.25. The van der Waals surface area contributed by atoms with Gasteiger partial charge in [0, 0.05) is 26.2 Å². The maximum Gasteiger partial charge on any atom is 0.330 e. The number of rotatable bonds is 9. The van der Waals surface area contributed by atoms with Gasteiger partial charge in [0.05, 0.1) is 46.0 Å². The van der Waals surface area contributed by atoms with Crippen molar-refractivity contribution in [1.29, 1.82) is 0 Å². The molecule has 4 rings (SSSR count). The molecule has 0 radical (unpaired) electrons. The highest BCUT2D eigenvalue weighted by Crippen LogP contribution is 2.32. The minimum Gasteiger partial charge on any atom is -0.390 e. The van der Waals surface area contributed by atoms with E-state index in [2.05, 4.69) is 20.2 Å². The maximum absolute atomic E-state index is 13.4. The topological polar surface area (TPSA) is 131 Å². The number of hydrogen-bond donors (Lipinski definition) is 3. The van der Waals surface area contributed by atoms with Gasteiger partial charge in [0.1, 0.15) is 5.02 Å². The number of aliphatic hydroxyl groups is 2. The molecule has 1 fully saturated rings. The monoisotopic (exact) mass is 575 g/mol. The van der Waals surface area contributed by atoms with Crippen LogP contribution in [-0.4, -0.2) is 69.8 Å². The first-order chi connectivity index (χ1) is 18.3. The van der Waals surface area contributed by atoms with Gasteiger partial charge in [-0.25, -0.2) is 14.8 Å². The first-order valence-electron chi connectivity index (χ1n) is 13.6. The van der Waals surface area contributed by atoms with Crippen LogP contribution >= 0.6 is 11.6 Å². The van der Waals surface area contributed by atoms with E-state index in [1.807, 2.05) is 33.8 Å². The lowest BCUT2D eigenvalue weighted by Crippen LogP contribution is -2.57.